The Kier molecular flexibility index (Phi) is 4.23. The highest BCUT2D eigenvalue weighted by atomic mass is 16.5. The van der Waals surface area contributed by atoms with E-state index >= 15 is 0 Å². The SMILES string of the molecule is CN1Cc2ccc(OCCc3ccccc3)cc2[C@@H](O)C1. The molecule has 0 saturated carbocycles. The van der Waals surface area contributed by atoms with Crippen molar-refractivity contribution in [1.82, 2.24) is 4.90 Å². The van der Waals surface area contributed by atoms with Crippen LogP contribution >= 0.6 is 0 Å². The third kappa shape index (κ3) is 3.43. The molecule has 1 aliphatic heterocycles. The number of aliphatic hydroxyl groups excluding tert-OH is 1. The van der Waals surface area contributed by atoms with Crippen LogP contribution < -0.4 is 4.74 Å². The van der Waals surface area contributed by atoms with E-state index in [9.17, 15) is 5.11 Å². The van der Waals surface area contributed by atoms with Crippen molar-refractivity contribution in [2.75, 3.05) is 20.2 Å². The first-order valence-electron chi connectivity index (χ1n) is 7.38. The second kappa shape index (κ2) is 6.29. The lowest BCUT2D eigenvalue weighted by atomic mass is 9.97. The van der Waals surface area contributed by atoms with Gasteiger partial charge in [-0.2, -0.15) is 0 Å². The third-order valence-electron chi connectivity index (χ3n) is 3.90. The summed E-state index contributed by atoms with van der Waals surface area (Å²) in [5.74, 6) is 0.841. The smallest absolute Gasteiger partial charge is 0.119 e. The molecule has 0 fully saturated rings. The Hall–Kier alpha value is -1.84. The van der Waals surface area contributed by atoms with Crippen molar-refractivity contribution in [2.24, 2.45) is 0 Å². The van der Waals surface area contributed by atoms with Gasteiger partial charge in [0.15, 0.2) is 0 Å². The predicted molar refractivity (Wildman–Crippen MR) is 83.4 cm³/mol. The van der Waals surface area contributed by atoms with Crippen LogP contribution in [-0.4, -0.2) is 30.2 Å². The maximum Gasteiger partial charge on any atom is 0.119 e. The standard InChI is InChI=1S/C18H21NO2/c1-19-12-15-7-8-16(11-17(15)18(20)13-19)21-10-9-14-5-3-2-4-6-14/h2-8,11,18,20H,9-10,12-13H2,1H3/t18-/m0/s1. The van der Waals surface area contributed by atoms with Crippen LogP contribution in [0.15, 0.2) is 48.5 Å². The summed E-state index contributed by atoms with van der Waals surface area (Å²) in [6.07, 6.45) is 0.472. The van der Waals surface area contributed by atoms with Gasteiger partial charge in [-0.25, -0.2) is 0 Å². The van der Waals surface area contributed by atoms with Crippen molar-refractivity contribution in [3.8, 4) is 5.75 Å². The maximum absolute atomic E-state index is 10.2. The van der Waals surface area contributed by atoms with E-state index in [1.165, 1.54) is 11.1 Å². The van der Waals surface area contributed by atoms with Crippen molar-refractivity contribution < 1.29 is 9.84 Å². The number of hydrogen-bond donors (Lipinski definition) is 1. The fraction of sp³-hybridized carbons (Fsp3) is 0.333. The van der Waals surface area contributed by atoms with Gasteiger partial charge in [0.1, 0.15) is 5.75 Å². The minimum absolute atomic E-state index is 0.420. The van der Waals surface area contributed by atoms with Crippen LogP contribution in [0.1, 0.15) is 22.8 Å². The first-order chi connectivity index (χ1) is 10.2. The zero-order valence-corrected chi connectivity index (χ0v) is 12.3. The fourth-order valence-electron chi connectivity index (χ4n) is 2.80. The molecular formula is C18H21NO2. The molecule has 1 atom stereocenters. The van der Waals surface area contributed by atoms with Gasteiger partial charge in [-0.3, -0.25) is 4.90 Å². The number of ether oxygens (including phenoxy) is 1. The summed E-state index contributed by atoms with van der Waals surface area (Å²) in [5.41, 5.74) is 3.47. The zero-order chi connectivity index (χ0) is 14.7. The van der Waals surface area contributed by atoms with Crippen LogP contribution in [0.5, 0.6) is 5.75 Å². The lowest BCUT2D eigenvalue weighted by Crippen LogP contribution is -2.30. The highest BCUT2D eigenvalue weighted by molar-refractivity contribution is 5.38. The van der Waals surface area contributed by atoms with Crippen molar-refractivity contribution >= 4 is 0 Å². The summed E-state index contributed by atoms with van der Waals surface area (Å²) in [7, 11) is 2.02. The van der Waals surface area contributed by atoms with E-state index in [1.54, 1.807) is 0 Å². The van der Waals surface area contributed by atoms with Gasteiger partial charge in [-0.05, 0) is 35.9 Å². The van der Waals surface area contributed by atoms with Crippen LogP contribution in [0.2, 0.25) is 0 Å². The molecule has 0 aliphatic carbocycles. The van der Waals surface area contributed by atoms with E-state index in [4.69, 9.17) is 4.74 Å². The second-order valence-electron chi connectivity index (χ2n) is 5.66. The summed E-state index contributed by atoms with van der Waals surface area (Å²) >= 11 is 0. The van der Waals surface area contributed by atoms with Gasteiger partial charge >= 0.3 is 0 Å². The Labute approximate surface area is 125 Å². The van der Waals surface area contributed by atoms with Crippen LogP contribution in [0.25, 0.3) is 0 Å². The topological polar surface area (TPSA) is 32.7 Å². The van der Waals surface area contributed by atoms with Crippen LogP contribution in [0, 0.1) is 0 Å². The third-order valence-corrected chi connectivity index (χ3v) is 3.90. The van der Waals surface area contributed by atoms with E-state index in [1.807, 2.05) is 37.4 Å². The number of β-amino-alcohol motifs (C(OH)–C–C–N with tert-alkyl or cyclic N) is 1. The number of fused-ring (bicyclic) bond motifs is 1. The molecule has 1 heterocycles. The molecule has 0 saturated heterocycles. The largest absolute Gasteiger partial charge is 0.493 e. The van der Waals surface area contributed by atoms with E-state index in [-0.39, 0.29) is 0 Å². The summed E-state index contributed by atoms with van der Waals surface area (Å²) in [6, 6.07) is 16.4. The Balaban J connectivity index is 1.63. The number of rotatable bonds is 4. The molecule has 110 valence electrons. The van der Waals surface area contributed by atoms with Crippen LogP contribution in [0.4, 0.5) is 0 Å². The Morgan fingerprint density at radius 3 is 2.81 bits per heavy atom. The summed E-state index contributed by atoms with van der Waals surface area (Å²) < 4.78 is 5.83. The molecule has 1 N–H and O–H groups in total. The van der Waals surface area contributed by atoms with Gasteiger partial charge in [-0.1, -0.05) is 36.4 Å². The lowest BCUT2D eigenvalue weighted by molar-refractivity contribution is 0.107. The van der Waals surface area contributed by atoms with E-state index in [2.05, 4.69) is 23.1 Å². The molecule has 21 heavy (non-hydrogen) atoms. The number of hydrogen-bond acceptors (Lipinski definition) is 3. The van der Waals surface area contributed by atoms with E-state index in [0.29, 0.717) is 13.2 Å². The summed E-state index contributed by atoms with van der Waals surface area (Å²) in [4.78, 5) is 2.13. The monoisotopic (exact) mass is 283 g/mol. The highest BCUT2D eigenvalue weighted by Crippen LogP contribution is 2.29. The zero-order valence-electron chi connectivity index (χ0n) is 12.3. The van der Waals surface area contributed by atoms with Crippen molar-refractivity contribution in [2.45, 2.75) is 19.1 Å². The van der Waals surface area contributed by atoms with Crippen molar-refractivity contribution in [1.29, 1.82) is 0 Å². The molecule has 0 radical (unpaired) electrons. The van der Waals surface area contributed by atoms with E-state index < -0.39 is 6.10 Å². The first-order valence-corrected chi connectivity index (χ1v) is 7.38. The molecule has 1 aliphatic rings. The van der Waals surface area contributed by atoms with Crippen LogP contribution in [0.3, 0.4) is 0 Å². The minimum atomic E-state index is -0.420. The average Bonchev–Trinajstić information content (AvgIpc) is 2.49. The van der Waals surface area contributed by atoms with Crippen molar-refractivity contribution in [3.63, 3.8) is 0 Å². The molecule has 3 rings (SSSR count). The Bertz CT molecular complexity index is 597. The quantitative estimate of drug-likeness (QED) is 0.936. The predicted octanol–water partition coefficient (Wildman–Crippen LogP) is 2.79. The van der Waals surface area contributed by atoms with Crippen LogP contribution in [-0.2, 0) is 13.0 Å². The molecule has 0 unspecified atom stereocenters. The molecule has 2 aromatic carbocycles. The van der Waals surface area contributed by atoms with E-state index in [0.717, 1.165) is 24.3 Å². The first kappa shape index (κ1) is 14.1. The molecular weight excluding hydrogens is 262 g/mol. The second-order valence-corrected chi connectivity index (χ2v) is 5.66. The molecule has 0 aromatic heterocycles. The Morgan fingerprint density at radius 1 is 1.19 bits per heavy atom. The average molecular weight is 283 g/mol. The molecule has 0 amide bonds. The molecule has 3 heteroatoms. The molecule has 3 nitrogen and oxygen atoms in total. The van der Waals surface area contributed by atoms with Crippen molar-refractivity contribution in [3.05, 3.63) is 65.2 Å². The minimum Gasteiger partial charge on any atom is -0.493 e. The van der Waals surface area contributed by atoms with Gasteiger partial charge in [0.25, 0.3) is 0 Å². The maximum atomic E-state index is 10.2. The molecule has 0 spiro atoms. The number of likely N-dealkylation sites (N-methyl/N-ethyl adjacent to an activating group) is 1. The van der Waals surface area contributed by atoms with Gasteiger partial charge in [0, 0.05) is 19.5 Å². The number of nitrogens with zero attached hydrogens (tertiary/aromatic N) is 1. The highest BCUT2D eigenvalue weighted by Gasteiger charge is 2.21. The normalized spacial score (nSPS) is 18.3. The van der Waals surface area contributed by atoms with Gasteiger partial charge in [0.2, 0.25) is 0 Å². The number of aliphatic hydroxyl groups is 1. The van der Waals surface area contributed by atoms with Gasteiger partial charge in [0.05, 0.1) is 12.7 Å². The lowest BCUT2D eigenvalue weighted by Gasteiger charge is -2.29. The summed E-state index contributed by atoms with van der Waals surface area (Å²) in [5, 5.41) is 10.2. The Morgan fingerprint density at radius 2 is 2.00 bits per heavy atom. The molecule has 0 bridgehead atoms. The van der Waals surface area contributed by atoms with Gasteiger partial charge < -0.3 is 9.84 Å². The van der Waals surface area contributed by atoms with Gasteiger partial charge in [-0.15, -0.1) is 0 Å². The fourth-order valence-corrected chi connectivity index (χ4v) is 2.80. The number of benzene rings is 2. The summed E-state index contributed by atoms with van der Waals surface area (Å²) in [6.45, 7) is 2.22. The molecule has 2 aromatic rings.